The number of fused-ring (bicyclic) bond motifs is 1. The molecule has 0 atom stereocenters. The third kappa shape index (κ3) is 2.38. The molecule has 0 bridgehead atoms. The number of para-hydroxylation sites is 2. The Morgan fingerprint density at radius 2 is 1.45 bits per heavy atom. The van der Waals surface area contributed by atoms with Crippen LogP contribution in [0.25, 0.3) is 0 Å². The molecule has 0 aromatic heterocycles. The summed E-state index contributed by atoms with van der Waals surface area (Å²) in [6, 6.07) is 16.3. The standard InChI is InChI=1S/C18H20O2/c1-13(2)12-14-8-10-15(11-9-14)18(3)19-16-6-4-5-7-17(16)20-18/h4-11,13H,12H2,1-3H3. The van der Waals surface area contributed by atoms with E-state index >= 15 is 0 Å². The Balaban J connectivity index is 1.83. The van der Waals surface area contributed by atoms with Gasteiger partial charge in [0.05, 0.1) is 0 Å². The fraction of sp³-hybridized carbons (Fsp3) is 0.333. The molecular formula is C18H20O2. The van der Waals surface area contributed by atoms with E-state index in [0.717, 1.165) is 23.5 Å². The van der Waals surface area contributed by atoms with Crippen molar-refractivity contribution in [3.8, 4) is 11.5 Å². The van der Waals surface area contributed by atoms with Crippen LogP contribution in [0.4, 0.5) is 0 Å². The maximum absolute atomic E-state index is 5.98. The zero-order valence-corrected chi connectivity index (χ0v) is 12.2. The number of ether oxygens (including phenoxy) is 2. The lowest BCUT2D eigenvalue weighted by Crippen LogP contribution is -2.31. The summed E-state index contributed by atoms with van der Waals surface area (Å²) in [5, 5.41) is 0. The van der Waals surface area contributed by atoms with Crippen LogP contribution in [0.5, 0.6) is 11.5 Å². The van der Waals surface area contributed by atoms with E-state index < -0.39 is 5.79 Å². The summed E-state index contributed by atoms with van der Waals surface area (Å²) in [4.78, 5) is 0. The maximum Gasteiger partial charge on any atom is 0.275 e. The van der Waals surface area contributed by atoms with Crippen LogP contribution >= 0.6 is 0 Å². The van der Waals surface area contributed by atoms with Gasteiger partial charge >= 0.3 is 0 Å². The van der Waals surface area contributed by atoms with Crippen LogP contribution in [-0.4, -0.2) is 0 Å². The van der Waals surface area contributed by atoms with Crippen LogP contribution in [0, 0.1) is 5.92 Å². The highest BCUT2D eigenvalue weighted by Gasteiger charge is 2.38. The molecule has 1 heterocycles. The Labute approximate surface area is 120 Å². The number of benzene rings is 2. The van der Waals surface area contributed by atoms with Crippen molar-refractivity contribution in [3.63, 3.8) is 0 Å². The van der Waals surface area contributed by atoms with Crippen LogP contribution in [0.3, 0.4) is 0 Å². The van der Waals surface area contributed by atoms with Gasteiger partial charge in [0.15, 0.2) is 11.5 Å². The first-order valence-corrected chi connectivity index (χ1v) is 7.13. The molecule has 3 rings (SSSR count). The lowest BCUT2D eigenvalue weighted by Gasteiger charge is -2.23. The van der Waals surface area contributed by atoms with Crippen molar-refractivity contribution in [1.29, 1.82) is 0 Å². The Morgan fingerprint density at radius 3 is 1.95 bits per heavy atom. The van der Waals surface area contributed by atoms with Crippen molar-refractivity contribution in [3.05, 3.63) is 59.7 Å². The lowest BCUT2D eigenvalue weighted by molar-refractivity contribution is -0.0680. The normalized spacial score (nSPS) is 15.6. The second-order valence-corrected chi connectivity index (χ2v) is 5.89. The van der Waals surface area contributed by atoms with Crippen LogP contribution in [-0.2, 0) is 12.2 Å². The molecule has 0 aliphatic carbocycles. The molecule has 0 fully saturated rings. The molecule has 104 valence electrons. The molecule has 0 spiro atoms. The molecule has 2 nitrogen and oxygen atoms in total. The van der Waals surface area contributed by atoms with Gasteiger partial charge in [0.1, 0.15) is 0 Å². The predicted molar refractivity (Wildman–Crippen MR) is 80.0 cm³/mol. The lowest BCUT2D eigenvalue weighted by atomic mass is 9.99. The number of hydrogen-bond acceptors (Lipinski definition) is 2. The van der Waals surface area contributed by atoms with E-state index in [0.29, 0.717) is 5.92 Å². The molecule has 1 aliphatic heterocycles. The molecule has 2 heteroatoms. The summed E-state index contributed by atoms with van der Waals surface area (Å²) >= 11 is 0. The number of rotatable bonds is 3. The summed E-state index contributed by atoms with van der Waals surface area (Å²) in [7, 11) is 0. The first kappa shape index (κ1) is 13.0. The Hall–Kier alpha value is -1.96. The van der Waals surface area contributed by atoms with Gasteiger partial charge in [0.25, 0.3) is 5.79 Å². The van der Waals surface area contributed by atoms with Crippen LogP contribution < -0.4 is 9.47 Å². The van der Waals surface area contributed by atoms with Gasteiger partial charge in [-0.05, 0) is 30.0 Å². The zero-order chi connectivity index (χ0) is 14.2. The first-order valence-electron chi connectivity index (χ1n) is 7.13. The smallest absolute Gasteiger partial charge is 0.275 e. The van der Waals surface area contributed by atoms with E-state index in [2.05, 4.69) is 38.1 Å². The minimum Gasteiger partial charge on any atom is -0.445 e. The molecule has 0 N–H and O–H groups in total. The van der Waals surface area contributed by atoms with Crippen molar-refractivity contribution in [2.24, 2.45) is 5.92 Å². The van der Waals surface area contributed by atoms with Crippen LogP contribution in [0.1, 0.15) is 31.9 Å². The van der Waals surface area contributed by atoms with Crippen LogP contribution in [0.2, 0.25) is 0 Å². The largest absolute Gasteiger partial charge is 0.445 e. The molecule has 0 radical (unpaired) electrons. The van der Waals surface area contributed by atoms with Gasteiger partial charge in [-0.3, -0.25) is 0 Å². The average Bonchev–Trinajstić information content (AvgIpc) is 2.76. The van der Waals surface area contributed by atoms with Gasteiger partial charge in [-0.1, -0.05) is 50.2 Å². The molecule has 2 aromatic carbocycles. The van der Waals surface area contributed by atoms with E-state index in [1.165, 1.54) is 5.56 Å². The van der Waals surface area contributed by atoms with Crippen molar-refractivity contribution in [2.75, 3.05) is 0 Å². The van der Waals surface area contributed by atoms with Crippen molar-refractivity contribution < 1.29 is 9.47 Å². The number of hydrogen-bond donors (Lipinski definition) is 0. The maximum atomic E-state index is 5.98. The van der Waals surface area contributed by atoms with Crippen molar-refractivity contribution in [1.82, 2.24) is 0 Å². The summed E-state index contributed by atoms with van der Waals surface area (Å²) in [5.41, 5.74) is 2.39. The van der Waals surface area contributed by atoms with E-state index in [-0.39, 0.29) is 0 Å². The molecule has 0 saturated carbocycles. The van der Waals surface area contributed by atoms with Gasteiger partial charge in [-0.15, -0.1) is 0 Å². The minimum atomic E-state index is -0.722. The quantitative estimate of drug-likeness (QED) is 0.814. The van der Waals surface area contributed by atoms with Crippen LogP contribution in [0.15, 0.2) is 48.5 Å². The molecule has 0 unspecified atom stereocenters. The summed E-state index contributed by atoms with van der Waals surface area (Å²) in [6.07, 6.45) is 1.10. The van der Waals surface area contributed by atoms with Gasteiger partial charge in [0.2, 0.25) is 0 Å². The Kier molecular flexibility index (Phi) is 3.17. The van der Waals surface area contributed by atoms with E-state index in [4.69, 9.17) is 9.47 Å². The highest BCUT2D eigenvalue weighted by molar-refractivity contribution is 5.44. The average molecular weight is 268 g/mol. The third-order valence-electron chi connectivity index (χ3n) is 3.58. The summed E-state index contributed by atoms with van der Waals surface area (Å²) in [6.45, 7) is 6.43. The molecule has 20 heavy (non-hydrogen) atoms. The fourth-order valence-electron chi connectivity index (χ4n) is 2.59. The highest BCUT2D eigenvalue weighted by Crippen LogP contribution is 2.43. The fourth-order valence-corrected chi connectivity index (χ4v) is 2.59. The third-order valence-corrected chi connectivity index (χ3v) is 3.58. The second kappa shape index (κ2) is 4.86. The zero-order valence-electron chi connectivity index (χ0n) is 12.2. The molecular weight excluding hydrogens is 248 g/mol. The monoisotopic (exact) mass is 268 g/mol. The van der Waals surface area contributed by atoms with E-state index in [1.54, 1.807) is 0 Å². The highest BCUT2D eigenvalue weighted by atomic mass is 16.7. The first-order chi connectivity index (χ1) is 9.57. The van der Waals surface area contributed by atoms with Gasteiger partial charge in [-0.25, -0.2) is 0 Å². The van der Waals surface area contributed by atoms with Gasteiger partial charge < -0.3 is 9.47 Å². The Bertz CT molecular complexity index is 574. The molecule has 1 aliphatic rings. The minimum absolute atomic E-state index is 0.666. The van der Waals surface area contributed by atoms with Crippen molar-refractivity contribution in [2.45, 2.75) is 33.0 Å². The van der Waals surface area contributed by atoms with Gasteiger partial charge in [0, 0.05) is 12.5 Å². The van der Waals surface area contributed by atoms with E-state index in [9.17, 15) is 0 Å². The summed E-state index contributed by atoms with van der Waals surface area (Å²) < 4.78 is 12.0. The molecule has 0 saturated heterocycles. The second-order valence-electron chi connectivity index (χ2n) is 5.89. The van der Waals surface area contributed by atoms with Gasteiger partial charge in [-0.2, -0.15) is 0 Å². The molecule has 2 aromatic rings. The molecule has 0 amide bonds. The topological polar surface area (TPSA) is 18.5 Å². The summed E-state index contributed by atoms with van der Waals surface area (Å²) in [5.74, 6) is 1.56. The Morgan fingerprint density at radius 1 is 0.900 bits per heavy atom. The SMILES string of the molecule is CC(C)Cc1ccc(C2(C)Oc3ccccc3O2)cc1. The van der Waals surface area contributed by atoms with E-state index in [1.807, 2.05) is 31.2 Å². The predicted octanol–water partition coefficient (Wildman–Crippen LogP) is 4.53. The van der Waals surface area contributed by atoms with Crippen molar-refractivity contribution >= 4 is 0 Å².